The number of aliphatic hydroxyl groups excluding tert-OH is 3. The lowest BCUT2D eigenvalue weighted by molar-refractivity contribution is -0.142. The van der Waals surface area contributed by atoms with Gasteiger partial charge in [-0.15, -0.1) is 0 Å². The molecule has 0 unspecified atom stereocenters. The molecule has 34 heavy (non-hydrogen) atoms. The number of hydrogen-bond acceptors (Lipinski definition) is 10. The van der Waals surface area contributed by atoms with Gasteiger partial charge in [0.15, 0.2) is 0 Å². The van der Waals surface area contributed by atoms with Gasteiger partial charge in [-0.25, -0.2) is 0 Å². The van der Waals surface area contributed by atoms with Crippen molar-refractivity contribution in [1.29, 1.82) is 0 Å². The molecule has 0 heterocycles. The number of hydrogen-bond donors (Lipinski definition) is 9. The van der Waals surface area contributed by atoms with Crippen LogP contribution in [0.5, 0.6) is 0 Å². The Labute approximate surface area is 195 Å². The number of nitrogens with two attached hydrogens (primary N) is 1. The first-order valence-corrected chi connectivity index (χ1v) is 10.3. The molecule has 10 N–H and O–H groups in total. The van der Waals surface area contributed by atoms with Crippen LogP contribution in [0, 0.1) is 5.92 Å². The van der Waals surface area contributed by atoms with Crippen molar-refractivity contribution in [2.75, 3.05) is 13.2 Å². The van der Waals surface area contributed by atoms with Crippen LogP contribution in [-0.4, -0.2) is 106 Å². The molecular weight excluding hydrogens is 458 g/mol. The van der Waals surface area contributed by atoms with Crippen molar-refractivity contribution < 1.29 is 49.2 Å². The van der Waals surface area contributed by atoms with Crippen LogP contribution in [0.1, 0.15) is 27.2 Å². The van der Waals surface area contributed by atoms with Gasteiger partial charge in [0.05, 0.1) is 25.7 Å². The zero-order valence-electron chi connectivity index (χ0n) is 19.1. The molecule has 4 amide bonds. The molecule has 15 nitrogen and oxygen atoms in total. The van der Waals surface area contributed by atoms with Crippen molar-refractivity contribution >= 4 is 35.9 Å². The Hall–Kier alpha value is -3.14. The SMILES string of the molecule is CC(C)[C@H](NC(=O)[C@H](CC(=O)O)NC(=O)[C@H](CO)NC(=O)[C@@H](N)[C@@H](C)O)C(=O)N[C@H](C=O)CO. The molecule has 0 aliphatic rings. The molecule has 0 aromatic carbocycles. The molecule has 0 aliphatic heterocycles. The minimum atomic E-state index is -1.71. The molecule has 0 saturated carbocycles. The maximum Gasteiger partial charge on any atom is 0.305 e. The highest BCUT2D eigenvalue weighted by atomic mass is 16.4. The van der Waals surface area contributed by atoms with Gasteiger partial charge in [-0.1, -0.05) is 13.8 Å². The van der Waals surface area contributed by atoms with Crippen molar-refractivity contribution in [3.05, 3.63) is 0 Å². The van der Waals surface area contributed by atoms with Crippen molar-refractivity contribution in [3.8, 4) is 0 Å². The zero-order valence-corrected chi connectivity index (χ0v) is 19.1. The lowest BCUT2D eigenvalue weighted by Crippen LogP contribution is -2.60. The highest BCUT2D eigenvalue weighted by Crippen LogP contribution is 2.05. The van der Waals surface area contributed by atoms with Crippen LogP contribution in [-0.2, 0) is 28.8 Å². The lowest BCUT2D eigenvalue weighted by atomic mass is 10.0. The van der Waals surface area contributed by atoms with Gasteiger partial charge in [-0.05, 0) is 12.8 Å². The number of aldehydes is 1. The van der Waals surface area contributed by atoms with Crippen LogP contribution in [0.2, 0.25) is 0 Å². The van der Waals surface area contributed by atoms with Crippen molar-refractivity contribution in [1.82, 2.24) is 21.3 Å². The summed E-state index contributed by atoms with van der Waals surface area (Å²) in [7, 11) is 0. The summed E-state index contributed by atoms with van der Waals surface area (Å²) >= 11 is 0. The third-order valence-corrected chi connectivity index (χ3v) is 4.59. The van der Waals surface area contributed by atoms with Crippen molar-refractivity contribution in [2.45, 2.75) is 63.5 Å². The first-order valence-electron chi connectivity index (χ1n) is 10.3. The third kappa shape index (κ3) is 10.2. The third-order valence-electron chi connectivity index (χ3n) is 4.59. The molecule has 0 saturated heterocycles. The highest BCUT2D eigenvalue weighted by molar-refractivity contribution is 5.96. The van der Waals surface area contributed by atoms with Crippen LogP contribution in [0.15, 0.2) is 0 Å². The maximum atomic E-state index is 12.7. The van der Waals surface area contributed by atoms with Crippen molar-refractivity contribution in [3.63, 3.8) is 0 Å². The van der Waals surface area contributed by atoms with Crippen LogP contribution in [0.3, 0.4) is 0 Å². The van der Waals surface area contributed by atoms with Crippen molar-refractivity contribution in [2.24, 2.45) is 11.7 Å². The molecular formula is C19H33N5O10. The fraction of sp³-hybridized carbons (Fsp3) is 0.684. The van der Waals surface area contributed by atoms with Gasteiger partial charge in [-0.2, -0.15) is 0 Å². The van der Waals surface area contributed by atoms with E-state index in [1.165, 1.54) is 6.92 Å². The first-order chi connectivity index (χ1) is 15.8. The van der Waals surface area contributed by atoms with Crippen LogP contribution in [0.4, 0.5) is 0 Å². The van der Waals surface area contributed by atoms with E-state index in [1.807, 2.05) is 0 Å². The number of rotatable bonds is 15. The Morgan fingerprint density at radius 2 is 1.35 bits per heavy atom. The summed E-state index contributed by atoms with van der Waals surface area (Å²) in [4.78, 5) is 71.6. The van der Waals surface area contributed by atoms with E-state index in [0.717, 1.165) is 0 Å². The summed E-state index contributed by atoms with van der Waals surface area (Å²) in [6, 6.07) is -7.23. The summed E-state index contributed by atoms with van der Waals surface area (Å²) in [6.07, 6.45) is -1.88. The molecule has 0 aromatic heterocycles. The Morgan fingerprint density at radius 1 is 0.824 bits per heavy atom. The van der Waals surface area contributed by atoms with E-state index < -0.39 is 91.5 Å². The predicted octanol–water partition coefficient (Wildman–Crippen LogP) is -5.05. The largest absolute Gasteiger partial charge is 0.481 e. The number of carbonyl (C=O) groups is 6. The second-order valence-electron chi connectivity index (χ2n) is 7.83. The van der Waals surface area contributed by atoms with E-state index in [9.17, 15) is 39.0 Å². The lowest BCUT2D eigenvalue weighted by Gasteiger charge is -2.26. The smallest absolute Gasteiger partial charge is 0.305 e. The van der Waals surface area contributed by atoms with E-state index in [0.29, 0.717) is 0 Å². The zero-order chi connectivity index (χ0) is 26.6. The van der Waals surface area contributed by atoms with Gasteiger partial charge in [0.2, 0.25) is 23.6 Å². The Kier molecular flexibility index (Phi) is 13.5. The monoisotopic (exact) mass is 491 g/mol. The van der Waals surface area contributed by atoms with Gasteiger partial charge in [-0.3, -0.25) is 24.0 Å². The fourth-order valence-electron chi connectivity index (χ4n) is 2.52. The summed E-state index contributed by atoms with van der Waals surface area (Å²) in [5.74, 6) is -6.02. The standard InChI is InChI=1S/C19H33N5O10/c1-8(2)15(19(34)21-10(5-25)6-26)24-16(31)11(4-13(29)30)22-17(32)12(7-27)23-18(33)14(20)9(3)28/h5,8-12,14-15,26-28H,4,6-7,20H2,1-3H3,(H,21,34)(H,22,32)(H,23,33)(H,24,31)(H,29,30)/t9-,10-,11+,12+,14+,15+/m1/s1. The highest BCUT2D eigenvalue weighted by Gasteiger charge is 2.33. The molecule has 0 aliphatic carbocycles. The second-order valence-corrected chi connectivity index (χ2v) is 7.83. The van der Waals surface area contributed by atoms with Crippen LogP contribution >= 0.6 is 0 Å². The van der Waals surface area contributed by atoms with Crippen LogP contribution < -0.4 is 27.0 Å². The summed E-state index contributed by atoms with van der Waals surface area (Å²) in [5, 5.41) is 45.6. The summed E-state index contributed by atoms with van der Waals surface area (Å²) < 4.78 is 0. The Balaban J connectivity index is 5.51. The van der Waals surface area contributed by atoms with Gasteiger partial charge < -0.3 is 52.2 Å². The fourth-order valence-corrected chi connectivity index (χ4v) is 2.52. The van der Waals surface area contributed by atoms with E-state index >= 15 is 0 Å². The van der Waals surface area contributed by atoms with Crippen LogP contribution in [0.25, 0.3) is 0 Å². The average molecular weight is 491 g/mol. The normalized spacial score (nSPS) is 16.2. The van der Waals surface area contributed by atoms with Gasteiger partial charge in [0.1, 0.15) is 36.5 Å². The minimum Gasteiger partial charge on any atom is -0.481 e. The summed E-state index contributed by atoms with van der Waals surface area (Å²) in [6.45, 7) is 2.71. The summed E-state index contributed by atoms with van der Waals surface area (Å²) in [5.41, 5.74) is 5.45. The van der Waals surface area contributed by atoms with Gasteiger partial charge in [0.25, 0.3) is 0 Å². The molecule has 0 fully saturated rings. The topological polar surface area (TPSA) is 257 Å². The molecule has 0 radical (unpaired) electrons. The second kappa shape index (κ2) is 14.9. The van der Waals surface area contributed by atoms with E-state index in [-0.39, 0.29) is 6.29 Å². The molecule has 0 aromatic rings. The quantitative estimate of drug-likeness (QED) is 0.0979. The molecule has 194 valence electrons. The first kappa shape index (κ1) is 30.9. The number of nitrogens with one attached hydrogen (secondary N) is 4. The average Bonchev–Trinajstić information content (AvgIpc) is 2.76. The number of carboxylic acid groups (broad SMARTS) is 1. The predicted molar refractivity (Wildman–Crippen MR) is 115 cm³/mol. The Morgan fingerprint density at radius 3 is 1.76 bits per heavy atom. The maximum absolute atomic E-state index is 12.7. The number of aliphatic hydroxyl groups is 3. The number of amides is 4. The number of carbonyl (C=O) groups excluding carboxylic acids is 5. The molecule has 0 spiro atoms. The van der Waals surface area contributed by atoms with Gasteiger partial charge in [0, 0.05) is 0 Å². The number of aliphatic carboxylic acids is 1. The Bertz CT molecular complexity index is 745. The van der Waals surface area contributed by atoms with E-state index in [1.54, 1.807) is 13.8 Å². The van der Waals surface area contributed by atoms with Gasteiger partial charge >= 0.3 is 5.97 Å². The minimum absolute atomic E-state index is 0.289. The molecule has 0 bridgehead atoms. The number of carboxylic acids is 1. The molecule has 15 heteroatoms. The van der Waals surface area contributed by atoms with E-state index in [2.05, 4.69) is 21.3 Å². The molecule has 0 rings (SSSR count). The molecule has 6 atom stereocenters. The van der Waals surface area contributed by atoms with E-state index in [4.69, 9.17) is 15.9 Å².